The molecule has 1 unspecified atom stereocenters. The van der Waals surface area contributed by atoms with Crippen LogP contribution in [0.4, 0.5) is 0 Å². The Labute approximate surface area is 94.4 Å². The van der Waals surface area contributed by atoms with Gasteiger partial charge in [-0.1, -0.05) is 5.16 Å². The second-order valence-electron chi connectivity index (χ2n) is 3.96. The van der Waals surface area contributed by atoms with E-state index in [-0.39, 0.29) is 6.10 Å². The molecule has 86 valence electrons. The molecule has 0 aliphatic carbocycles. The van der Waals surface area contributed by atoms with Gasteiger partial charge in [0.2, 0.25) is 5.89 Å². The Balaban J connectivity index is 1.84. The van der Waals surface area contributed by atoms with Crippen molar-refractivity contribution in [3.8, 4) is 6.07 Å². The maximum Gasteiger partial charge on any atom is 0.227 e. The lowest BCUT2D eigenvalue weighted by atomic mass is 10.1. The van der Waals surface area contributed by atoms with E-state index in [1.165, 1.54) is 6.42 Å². The van der Waals surface area contributed by atoms with E-state index in [2.05, 4.69) is 16.2 Å². The van der Waals surface area contributed by atoms with Gasteiger partial charge in [-0.25, -0.2) is 0 Å². The molecular formula is C11H15N3O2. The Kier molecular flexibility index (Phi) is 3.89. The van der Waals surface area contributed by atoms with Crippen LogP contribution in [0.2, 0.25) is 0 Å². The van der Waals surface area contributed by atoms with E-state index in [0.29, 0.717) is 24.6 Å². The molecule has 0 spiro atoms. The molecule has 1 aliphatic rings. The first-order valence-electron chi connectivity index (χ1n) is 5.68. The summed E-state index contributed by atoms with van der Waals surface area (Å²) < 4.78 is 10.6. The predicted octanol–water partition coefficient (Wildman–Crippen LogP) is 1.64. The van der Waals surface area contributed by atoms with Crippen molar-refractivity contribution in [1.82, 2.24) is 10.1 Å². The first kappa shape index (κ1) is 11.1. The van der Waals surface area contributed by atoms with Crippen LogP contribution in [-0.2, 0) is 17.6 Å². The number of nitriles is 1. The van der Waals surface area contributed by atoms with Crippen LogP contribution in [0.1, 0.15) is 37.4 Å². The van der Waals surface area contributed by atoms with Crippen molar-refractivity contribution in [2.24, 2.45) is 0 Å². The quantitative estimate of drug-likeness (QED) is 0.772. The second kappa shape index (κ2) is 5.61. The van der Waals surface area contributed by atoms with Crippen LogP contribution in [0.5, 0.6) is 0 Å². The summed E-state index contributed by atoms with van der Waals surface area (Å²) in [4.78, 5) is 4.23. The van der Waals surface area contributed by atoms with Crippen molar-refractivity contribution in [1.29, 1.82) is 5.26 Å². The molecule has 5 nitrogen and oxygen atoms in total. The average Bonchev–Trinajstić information content (AvgIpc) is 2.75. The summed E-state index contributed by atoms with van der Waals surface area (Å²) in [5.41, 5.74) is 0. The monoisotopic (exact) mass is 221 g/mol. The normalized spacial score (nSPS) is 20.6. The van der Waals surface area contributed by atoms with Gasteiger partial charge < -0.3 is 9.26 Å². The molecule has 2 heterocycles. The highest BCUT2D eigenvalue weighted by molar-refractivity contribution is 4.91. The van der Waals surface area contributed by atoms with Crippen LogP contribution in [0.3, 0.4) is 0 Å². The Morgan fingerprint density at radius 3 is 3.12 bits per heavy atom. The Hall–Kier alpha value is -1.41. The molecule has 1 atom stereocenters. The van der Waals surface area contributed by atoms with Crippen LogP contribution in [0.25, 0.3) is 0 Å². The minimum Gasteiger partial charge on any atom is -0.378 e. The Bertz CT molecular complexity index is 364. The topological polar surface area (TPSA) is 71.9 Å². The largest absolute Gasteiger partial charge is 0.378 e. The number of nitrogens with zero attached hydrogens (tertiary/aromatic N) is 3. The van der Waals surface area contributed by atoms with Gasteiger partial charge in [0.1, 0.15) is 0 Å². The lowest BCUT2D eigenvalue weighted by Crippen LogP contribution is -2.21. The number of hydrogen-bond donors (Lipinski definition) is 0. The van der Waals surface area contributed by atoms with Gasteiger partial charge in [-0.3, -0.25) is 0 Å². The minimum atomic E-state index is 0.232. The van der Waals surface area contributed by atoms with E-state index in [4.69, 9.17) is 14.5 Å². The highest BCUT2D eigenvalue weighted by Crippen LogP contribution is 2.16. The molecule has 0 amide bonds. The van der Waals surface area contributed by atoms with Crippen molar-refractivity contribution in [2.45, 2.75) is 44.6 Å². The lowest BCUT2D eigenvalue weighted by molar-refractivity contribution is 0.0153. The summed E-state index contributed by atoms with van der Waals surface area (Å²) in [6, 6.07) is 2.05. The molecular weight excluding hydrogens is 206 g/mol. The van der Waals surface area contributed by atoms with Gasteiger partial charge >= 0.3 is 0 Å². The molecule has 0 saturated carbocycles. The fraction of sp³-hybridized carbons (Fsp3) is 0.727. The van der Waals surface area contributed by atoms with Crippen molar-refractivity contribution < 1.29 is 9.26 Å². The fourth-order valence-electron chi connectivity index (χ4n) is 1.81. The highest BCUT2D eigenvalue weighted by atomic mass is 16.5. The van der Waals surface area contributed by atoms with Gasteiger partial charge in [0, 0.05) is 25.9 Å². The lowest BCUT2D eigenvalue weighted by Gasteiger charge is -2.20. The third-order valence-electron chi connectivity index (χ3n) is 2.65. The smallest absolute Gasteiger partial charge is 0.227 e. The molecule has 1 aromatic heterocycles. The number of rotatable bonds is 4. The zero-order valence-corrected chi connectivity index (χ0v) is 9.19. The zero-order valence-electron chi connectivity index (χ0n) is 9.19. The summed E-state index contributed by atoms with van der Waals surface area (Å²) in [6.07, 6.45) is 5.34. The third-order valence-corrected chi connectivity index (χ3v) is 2.65. The third kappa shape index (κ3) is 3.04. The maximum atomic E-state index is 8.44. The Morgan fingerprint density at radius 2 is 2.38 bits per heavy atom. The van der Waals surface area contributed by atoms with E-state index in [1.807, 2.05) is 0 Å². The van der Waals surface area contributed by atoms with Crippen LogP contribution in [0.15, 0.2) is 4.52 Å². The van der Waals surface area contributed by atoms with Crippen LogP contribution in [-0.4, -0.2) is 22.9 Å². The average molecular weight is 221 g/mol. The summed E-state index contributed by atoms with van der Waals surface area (Å²) in [5, 5.41) is 12.3. The SMILES string of the molecule is N#CCCc1nc(CC2CCCCO2)no1. The van der Waals surface area contributed by atoms with Crippen LogP contribution >= 0.6 is 0 Å². The first-order valence-corrected chi connectivity index (χ1v) is 5.68. The molecule has 5 heteroatoms. The van der Waals surface area contributed by atoms with Gasteiger partial charge in [0.05, 0.1) is 12.2 Å². The summed E-state index contributed by atoms with van der Waals surface area (Å²) in [5.74, 6) is 1.24. The Morgan fingerprint density at radius 1 is 1.44 bits per heavy atom. The molecule has 1 aliphatic heterocycles. The molecule has 1 fully saturated rings. The maximum absolute atomic E-state index is 8.44. The number of hydrogen-bond acceptors (Lipinski definition) is 5. The van der Waals surface area contributed by atoms with E-state index in [0.717, 1.165) is 25.9 Å². The molecule has 0 bridgehead atoms. The molecule has 2 rings (SSSR count). The van der Waals surface area contributed by atoms with Crippen molar-refractivity contribution in [3.63, 3.8) is 0 Å². The van der Waals surface area contributed by atoms with Crippen LogP contribution < -0.4 is 0 Å². The first-order chi connectivity index (χ1) is 7.88. The second-order valence-corrected chi connectivity index (χ2v) is 3.96. The molecule has 0 aromatic carbocycles. The van der Waals surface area contributed by atoms with E-state index < -0.39 is 0 Å². The number of aromatic nitrogens is 2. The fourth-order valence-corrected chi connectivity index (χ4v) is 1.81. The van der Waals surface area contributed by atoms with Crippen molar-refractivity contribution in [3.05, 3.63) is 11.7 Å². The minimum absolute atomic E-state index is 0.232. The predicted molar refractivity (Wildman–Crippen MR) is 55.5 cm³/mol. The molecule has 1 saturated heterocycles. The van der Waals surface area contributed by atoms with E-state index in [9.17, 15) is 0 Å². The van der Waals surface area contributed by atoms with Gasteiger partial charge in [0.25, 0.3) is 0 Å². The van der Waals surface area contributed by atoms with Gasteiger partial charge in [-0.15, -0.1) is 0 Å². The molecule has 1 aromatic rings. The van der Waals surface area contributed by atoms with Crippen LogP contribution in [0, 0.1) is 11.3 Å². The summed E-state index contributed by atoms with van der Waals surface area (Å²) in [7, 11) is 0. The molecule has 0 N–H and O–H groups in total. The van der Waals surface area contributed by atoms with Crippen molar-refractivity contribution in [2.75, 3.05) is 6.61 Å². The van der Waals surface area contributed by atoms with Gasteiger partial charge in [0.15, 0.2) is 5.82 Å². The molecule has 0 radical (unpaired) electrons. The van der Waals surface area contributed by atoms with Crippen molar-refractivity contribution >= 4 is 0 Å². The molecule has 16 heavy (non-hydrogen) atoms. The van der Waals surface area contributed by atoms with E-state index in [1.54, 1.807) is 0 Å². The van der Waals surface area contributed by atoms with E-state index >= 15 is 0 Å². The summed E-state index contributed by atoms with van der Waals surface area (Å²) >= 11 is 0. The summed E-state index contributed by atoms with van der Waals surface area (Å²) in [6.45, 7) is 0.837. The number of ether oxygens (including phenoxy) is 1. The zero-order chi connectivity index (χ0) is 11.2. The van der Waals surface area contributed by atoms with Gasteiger partial charge in [-0.05, 0) is 19.3 Å². The highest BCUT2D eigenvalue weighted by Gasteiger charge is 2.17. The standard InChI is InChI=1S/C11H15N3O2/c12-6-3-5-11-13-10(14-16-11)8-9-4-1-2-7-15-9/h9H,1-5,7-8H2. The number of aryl methyl sites for hydroxylation is 1. The van der Waals surface area contributed by atoms with Gasteiger partial charge in [-0.2, -0.15) is 10.2 Å².